The molecule has 1 saturated carbocycles. The van der Waals surface area contributed by atoms with E-state index in [1.807, 2.05) is 42.9 Å². The summed E-state index contributed by atoms with van der Waals surface area (Å²) in [7, 11) is 3.84. The Kier molecular flexibility index (Phi) is 8.78. The first kappa shape index (κ1) is 26.1. The van der Waals surface area contributed by atoms with Gasteiger partial charge in [0.05, 0.1) is 12.8 Å². The maximum Gasteiger partial charge on any atom is 0.126 e. The van der Waals surface area contributed by atoms with Crippen LogP contribution in [0.3, 0.4) is 0 Å². The summed E-state index contributed by atoms with van der Waals surface area (Å²) in [5, 5.41) is 9.04. The van der Waals surface area contributed by atoms with Gasteiger partial charge in [-0.25, -0.2) is 4.98 Å². The number of nitrogens with zero attached hydrogens (tertiary/aromatic N) is 4. The topological polar surface area (TPSA) is 75.2 Å². The summed E-state index contributed by atoms with van der Waals surface area (Å²) in [6.45, 7) is 4.74. The van der Waals surface area contributed by atoms with Gasteiger partial charge in [0.2, 0.25) is 0 Å². The van der Waals surface area contributed by atoms with Gasteiger partial charge in [0.1, 0.15) is 11.6 Å². The molecule has 4 aromatic rings. The number of benzene rings is 1. The molecule has 2 aliphatic rings. The van der Waals surface area contributed by atoms with E-state index in [4.69, 9.17) is 9.72 Å². The zero-order valence-corrected chi connectivity index (χ0v) is 22.5. The van der Waals surface area contributed by atoms with Crippen LogP contribution in [0.2, 0.25) is 0 Å². The average molecular weight is 511 g/mol. The number of likely N-dealkylation sites (N-methyl/N-ethyl adjacent to an activating group) is 1. The molecule has 0 amide bonds. The molecule has 198 valence electrons. The second kappa shape index (κ2) is 12.8. The van der Waals surface area contributed by atoms with Gasteiger partial charge in [-0.05, 0) is 55.8 Å². The first-order chi connectivity index (χ1) is 18.7. The molecule has 0 radical (unpaired) electrons. The predicted octanol–water partition coefficient (Wildman–Crippen LogP) is 5.63. The van der Waals surface area contributed by atoms with Crippen LogP contribution in [0, 0.1) is 0 Å². The zero-order chi connectivity index (χ0) is 26.2. The van der Waals surface area contributed by atoms with Gasteiger partial charge in [-0.1, -0.05) is 31.4 Å². The molecule has 0 unspecified atom stereocenters. The van der Waals surface area contributed by atoms with Crippen molar-refractivity contribution < 1.29 is 4.74 Å². The molecule has 7 nitrogen and oxygen atoms in total. The highest BCUT2D eigenvalue weighted by atomic mass is 16.5. The Morgan fingerprint density at radius 1 is 0.921 bits per heavy atom. The van der Waals surface area contributed by atoms with E-state index >= 15 is 0 Å². The Hall–Kier alpha value is -3.55. The van der Waals surface area contributed by atoms with Gasteiger partial charge >= 0.3 is 0 Å². The van der Waals surface area contributed by atoms with Gasteiger partial charge in [0.25, 0.3) is 0 Å². The molecular formula is C31H38N6O. The first-order valence-corrected chi connectivity index (χ1v) is 13.7. The van der Waals surface area contributed by atoms with Crippen LogP contribution in [-0.4, -0.2) is 66.2 Å². The molecule has 2 fully saturated rings. The van der Waals surface area contributed by atoms with Crippen LogP contribution in [0.1, 0.15) is 32.1 Å². The third-order valence-corrected chi connectivity index (χ3v) is 7.38. The minimum absolute atomic E-state index is 0.503. The molecule has 2 N–H and O–H groups in total. The lowest BCUT2D eigenvalue weighted by molar-refractivity contribution is 0.291. The summed E-state index contributed by atoms with van der Waals surface area (Å²) in [6, 6.07) is 14.8. The molecular weight excluding hydrogens is 472 g/mol. The molecule has 1 aliphatic carbocycles. The monoisotopic (exact) mass is 510 g/mol. The normalized spacial score (nSPS) is 16.5. The van der Waals surface area contributed by atoms with E-state index in [2.05, 4.69) is 50.7 Å². The fourth-order valence-electron chi connectivity index (χ4n) is 5.23. The SMILES string of the molecule is CN1CCNCC1.COc1cccc(-c2c(-c3ccnc(NC4CCCCC4)c3)ncc3ccncc23)c1. The summed E-state index contributed by atoms with van der Waals surface area (Å²) < 4.78 is 5.48. The molecule has 0 spiro atoms. The number of pyridine rings is 3. The summed E-state index contributed by atoms with van der Waals surface area (Å²) in [5.41, 5.74) is 4.07. The van der Waals surface area contributed by atoms with E-state index in [1.165, 1.54) is 45.2 Å². The average Bonchev–Trinajstić information content (AvgIpc) is 2.98. The van der Waals surface area contributed by atoms with Crippen molar-refractivity contribution in [1.82, 2.24) is 25.2 Å². The third-order valence-electron chi connectivity index (χ3n) is 7.38. The van der Waals surface area contributed by atoms with Gasteiger partial charge in [0, 0.05) is 78.9 Å². The number of nitrogens with one attached hydrogen (secondary N) is 2. The second-order valence-electron chi connectivity index (χ2n) is 10.1. The standard InChI is InChI=1S/C26H26N4O.C5H12N2/c1-31-22-9-5-6-18(14-22)25-23-17-27-12-10-20(23)16-29-26(25)19-11-13-28-24(15-19)30-21-7-3-2-4-8-21;1-7-4-2-6-3-5-7/h5-6,9-17,21H,2-4,7-8H2,1H3,(H,28,30);6H,2-5H2,1H3. The van der Waals surface area contributed by atoms with Gasteiger partial charge in [-0.3, -0.25) is 9.97 Å². The molecule has 3 aromatic heterocycles. The maximum atomic E-state index is 5.48. The number of aromatic nitrogens is 3. The van der Waals surface area contributed by atoms with Crippen molar-refractivity contribution in [2.75, 3.05) is 45.7 Å². The molecule has 1 aliphatic heterocycles. The summed E-state index contributed by atoms with van der Waals surface area (Å²) in [5.74, 6) is 1.73. The van der Waals surface area contributed by atoms with Gasteiger partial charge in [-0.2, -0.15) is 0 Å². The van der Waals surface area contributed by atoms with Crippen molar-refractivity contribution in [3.05, 3.63) is 67.3 Å². The molecule has 1 saturated heterocycles. The number of hydrogen-bond acceptors (Lipinski definition) is 7. The summed E-state index contributed by atoms with van der Waals surface area (Å²) in [6.07, 6.45) is 13.8. The number of hydrogen-bond donors (Lipinski definition) is 2. The molecule has 0 bridgehead atoms. The first-order valence-electron chi connectivity index (χ1n) is 13.7. The number of fused-ring (bicyclic) bond motifs is 1. The van der Waals surface area contributed by atoms with Crippen LogP contribution in [-0.2, 0) is 0 Å². The number of rotatable bonds is 5. The van der Waals surface area contributed by atoms with Crippen molar-refractivity contribution in [1.29, 1.82) is 0 Å². The molecule has 1 aromatic carbocycles. The Balaban J connectivity index is 0.000000366. The fraction of sp³-hybridized carbons (Fsp3) is 0.387. The summed E-state index contributed by atoms with van der Waals surface area (Å²) in [4.78, 5) is 16.2. The van der Waals surface area contributed by atoms with Crippen LogP contribution in [0.4, 0.5) is 5.82 Å². The predicted molar refractivity (Wildman–Crippen MR) is 156 cm³/mol. The second-order valence-corrected chi connectivity index (χ2v) is 10.1. The lowest BCUT2D eigenvalue weighted by atomic mass is 9.94. The highest BCUT2D eigenvalue weighted by molar-refractivity contribution is 6.02. The Morgan fingerprint density at radius 3 is 2.53 bits per heavy atom. The van der Waals surface area contributed by atoms with Crippen molar-refractivity contribution >= 4 is 16.6 Å². The Morgan fingerprint density at radius 2 is 1.76 bits per heavy atom. The van der Waals surface area contributed by atoms with Crippen LogP contribution < -0.4 is 15.4 Å². The van der Waals surface area contributed by atoms with E-state index in [0.29, 0.717) is 6.04 Å². The number of methoxy groups -OCH3 is 1. The van der Waals surface area contributed by atoms with Gasteiger partial charge in [0.15, 0.2) is 0 Å². The largest absolute Gasteiger partial charge is 0.497 e. The van der Waals surface area contributed by atoms with Crippen LogP contribution in [0.15, 0.2) is 67.3 Å². The van der Waals surface area contributed by atoms with E-state index in [9.17, 15) is 0 Å². The number of ether oxygens (including phenoxy) is 1. The van der Waals surface area contributed by atoms with E-state index in [1.54, 1.807) is 13.3 Å². The van der Waals surface area contributed by atoms with Gasteiger partial charge in [-0.15, -0.1) is 0 Å². The number of anilines is 1. The van der Waals surface area contributed by atoms with E-state index in [0.717, 1.165) is 57.8 Å². The zero-order valence-electron chi connectivity index (χ0n) is 22.5. The van der Waals surface area contributed by atoms with Crippen LogP contribution in [0.25, 0.3) is 33.2 Å². The molecule has 6 rings (SSSR count). The smallest absolute Gasteiger partial charge is 0.126 e. The fourth-order valence-corrected chi connectivity index (χ4v) is 5.23. The van der Waals surface area contributed by atoms with E-state index < -0.39 is 0 Å². The van der Waals surface area contributed by atoms with Crippen LogP contribution in [0.5, 0.6) is 5.75 Å². The maximum absolute atomic E-state index is 5.48. The van der Waals surface area contributed by atoms with Crippen LogP contribution >= 0.6 is 0 Å². The molecule has 4 heterocycles. The molecule has 0 atom stereocenters. The van der Waals surface area contributed by atoms with Crippen molar-refractivity contribution in [3.63, 3.8) is 0 Å². The van der Waals surface area contributed by atoms with Gasteiger partial charge < -0.3 is 20.3 Å². The molecule has 7 heteroatoms. The minimum atomic E-state index is 0.503. The minimum Gasteiger partial charge on any atom is -0.497 e. The van der Waals surface area contributed by atoms with Crippen molar-refractivity contribution in [2.45, 2.75) is 38.1 Å². The lowest BCUT2D eigenvalue weighted by Gasteiger charge is -2.23. The Labute approximate surface area is 225 Å². The van der Waals surface area contributed by atoms with Crippen molar-refractivity contribution in [2.24, 2.45) is 0 Å². The Bertz CT molecular complexity index is 1330. The van der Waals surface area contributed by atoms with Crippen molar-refractivity contribution in [3.8, 4) is 28.1 Å². The number of piperazine rings is 1. The highest BCUT2D eigenvalue weighted by Crippen LogP contribution is 2.38. The van der Waals surface area contributed by atoms with E-state index in [-0.39, 0.29) is 0 Å². The highest BCUT2D eigenvalue weighted by Gasteiger charge is 2.17. The summed E-state index contributed by atoms with van der Waals surface area (Å²) >= 11 is 0. The quantitative estimate of drug-likeness (QED) is 0.360. The lowest BCUT2D eigenvalue weighted by Crippen LogP contribution is -2.40. The third kappa shape index (κ3) is 6.47. The molecule has 38 heavy (non-hydrogen) atoms.